The summed E-state index contributed by atoms with van der Waals surface area (Å²) in [6, 6.07) is 11.4. The summed E-state index contributed by atoms with van der Waals surface area (Å²) in [6.07, 6.45) is 4.00. The quantitative estimate of drug-likeness (QED) is 0.230. The van der Waals surface area contributed by atoms with Crippen LogP contribution in [0.3, 0.4) is 0 Å². The Morgan fingerprint density at radius 1 is 1.19 bits per heavy atom. The van der Waals surface area contributed by atoms with Gasteiger partial charge in [0.1, 0.15) is 11.8 Å². The van der Waals surface area contributed by atoms with Crippen molar-refractivity contribution in [2.24, 2.45) is 11.0 Å². The topological polar surface area (TPSA) is 79.8 Å². The molecule has 0 bridgehead atoms. The molecule has 6 nitrogen and oxygen atoms in total. The maximum absolute atomic E-state index is 12.8. The Hall–Kier alpha value is -2.38. The molecule has 2 N–H and O–H groups in total. The van der Waals surface area contributed by atoms with Gasteiger partial charge in [-0.3, -0.25) is 9.59 Å². The van der Waals surface area contributed by atoms with Crippen LogP contribution in [-0.2, 0) is 4.79 Å². The van der Waals surface area contributed by atoms with Crippen LogP contribution < -0.4 is 15.5 Å². The molecule has 2 amide bonds. The zero-order valence-corrected chi connectivity index (χ0v) is 20.9. The number of hydrogen-bond acceptors (Lipinski definition) is 4. The van der Waals surface area contributed by atoms with E-state index < -0.39 is 6.04 Å². The van der Waals surface area contributed by atoms with Crippen LogP contribution in [0.15, 0.2) is 52.0 Å². The van der Waals surface area contributed by atoms with Crippen molar-refractivity contribution in [2.45, 2.75) is 46.1 Å². The van der Waals surface area contributed by atoms with E-state index in [1.807, 2.05) is 32.0 Å². The third kappa shape index (κ3) is 8.63. The highest BCUT2D eigenvalue weighted by atomic mass is 79.9. The van der Waals surface area contributed by atoms with Crippen LogP contribution >= 0.6 is 27.5 Å². The van der Waals surface area contributed by atoms with E-state index in [1.165, 1.54) is 6.21 Å². The van der Waals surface area contributed by atoms with Gasteiger partial charge in [-0.05, 0) is 61.2 Å². The minimum absolute atomic E-state index is 0.198. The van der Waals surface area contributed by atoms with Gasteiger partial charge in [0.05, 0.1) is 12.8 Å². The Morgan fingerprint density at radius 3 is 2.56 bits per heavy atom. The van der Waals surface area contributed by atoms with E-state index in [-0.39, 0.29) is 17.7 Å². The van der Waals surface area contributed by atoms with Crippen LogP contribution in [-0.4, -0.2) is 30.7 Å². The van der Waals surface area contributed by atoms with Crippen LogP contribution in [0, 0.1) is 5.92 Å². The smallest absolute Gasteiger partial charge is 0.262 e. The van der Waals surface area contributed by atoms with Crippen LogP contribution in [0.4, 0.5) is 0 Å². The molecule has 8 heteroatoms. The fraction of sp³-hybridized carbons (Fsp3) is 0.375. The van der Waals surface area contributed by atoms with E-state index >= 15 is 0 Å². The minimum atomic E-state index is -0.724. The third-order valence-electron chi connectivity index (χ3n) is 4.54. The zero-order valence-electron chi connectivity index (χ0n) is 18.5. The normalized spacial score (nSPS) is 12.1. The first-order chi connectivity index (χ1) is 15.3. The SMILES string of the molecule is CCCCOc1ccc(Br)cc1C=NNC(=O)C(CC(C)C)NC(=O)c1ccc(Cl)cc1. The second-order valence-electron chi connectivity index (χ2n) is 7.78. The molecule has 0 spiro atoms. The molecule has 32 heavy (non-hydrogen) atoms. The second-order valence-corrected chi connectivity index (χ2v) is 9.13. The van der Waals surface area contributed by atoms with E-state index in [1.54, 1.807) is 24.3 Å². The van der Waals surface area contributed by atoms with Crippen LogP contribution in [0.1, 0.15) is 56.0 Å². The summed E-state index contributed by atoms with van der Waals surface area (Å²) in [5, 5.41) is 7.42. The molecule has 2 aromatic rings. The molecule has 0 aliphatic heterocycles. The molecule has 1 atom stereocenters. The van der Waals surface area contributed by atoms with Crippen molar-refractivity contribution in [3.63, 3.8) is 0 Å². The largest absolute Gasteiger partial charge is 0.493 e. The van der Waals surface area contributed by atoms with E-state index in [9.17, 15) is 9.59 Å². The van der Waals surface area contributed by atoms with Gasteiger partial charge in [0.2, 0.25) is 0 Å². The molecule has 2 aromatic carbocycles. The Bertz CT molecular complexity index is 933. The van der Waals surface area contributed by atoms with Crippen LogP contribution in [0.5, 0.6) is 5.75 Å². The van der Waals surface area contributed by atoms with Crippen LogP contribution in [0.2, 0.25) is 5.02 Å². The molecule has 0 aromatic heterocycles. The lowest BCUT2D eigenvalue weighted by molar-refractivity contribution is -0.123. The number of halogens is 2. The van der Waals surface area contributed by atoms with Gasteiger partial charge in [0.25, 0.3) is 11.8 Å². The number of benzene rings is 2. The van der Waals surface area contributed by atoms with Crippen molar-refractivity contribution in [1.29, 1.82) is 0 Å². The molecule has 0 fully saturated rings. The highest BCUT2D eigenvalue weighted by Gasteiger charge is 2.22. The molecule has 0 saturated carbocycles. The summed E-state index contributed by atoms with van der Waals surface area (Å²) in [5.41, 5.74) is 3.71. The predicted molar refractivity (Wildman–Crippen MR) is 132 cm³/mol. The Labute approximate surface area is 202 Å². The summed E-state index contributed by atoms with van der Waals surface area (Å²) < 4.78 is 6.68. The van der Waals surface area contributed by atoms with E-state index in [0.29, 0.717) is 29.4 Å². The van der Waals surface area contributed by atoms with E-state index in [0.717, 1.165) is 22.9 Å². The number of hydrogen-bond donors (Lipinski definition) is 2. The lowest BCUT2D eigenvalue weighted by Gasteiger charge is -2.19. The number of carbonyl (C=O) groups excluding carboxylic acids is 2. The fourth-order valence-electron chi connectivity index (χ4n) is 2.87. The first-order valence-corrected chi connectivity index (χ1v) is 11.8. The summed E-state index contributed by atoms with van der Waals surface area (Å²) in [7, 11) is 0. The monoisotopic (exact) mass is 521 g/mol. The Kier molecular flexibility index (Phi) is 10.7. The zero-order chi connectivity index (χ0) is 23.5. The van der Waals surface area contributed by atoms with Gasteiger partial charge in [-0.25, -0.2) is 5.43 Å². The average Bonchev–Trinajstić information content (AvgIpc) is 2.75. The number of unbranched alkanes of at least 4 members (excludes halogenated alkanes) is 1. The Balaban J connectivity index is 2.06. The predicted octanol–water partition coefficient (Wildman–Crippen LogP) is 5.58. The maximum Gasteiger partial charge on any atom is 0.262 e. The van der Waals surface area contributed by atoms with Gasteiger partial charge >= 0.3 is 0 Å². The lowest BCUT2D eigenvalue weighted by Crippen LogP contribution is -2.46. The van der Waals surface area contributed by atoms with Crippen molar-refractivity contribution in [3.05, 3.63) is 63.1 Å². The number of amides is 2. The van der Waals surface area contributed by atoms with Gasteiger partial charge in [-0.1, -0.05) is 54.7 Å². The molecule has 0 heterocycles. The van der Waals surface area contributed by atoms with Crippen molar-refractivity contribution in [1.82, 2.24) is 10.7 Å². The molecule has 0 saturated heterocycles. The second kappa shape index (κ2) is 13.2. The molecule has 0 aliphatic carbocycles. The highest BCUT2D eigenvalue weighted by Crippen LogP contribution is 2.22. The van der Waals surface area contributed by atoms with Crippen LogP contribution in [0.25, 0.3) is 0 Å². The minimum Gasteiger partial charge on any atom is -0.493 e. The number of nitrogens with one attached hydrogen (secondary N) is 2. The summed E-state index contributed by atoms with van der Waals surface area (Å²) >= 11 is 9.32. The van der Waals surface area contributed by atoms with Gasteiger partial charge in [-0.15, -0.1) is 0 Å². The van der Waals surface area contributed by atoms with Crippen molar-refractivity contribution >= 4 is 45.6 Å². The van der Waals surface area contributed by atoms with Gasteiger partial charge in [-0.2, -0.15) is 5.10 Å². The van der Waals surface area contributed by atoms with Gasteiger partial charge in [0, 0.05) is 20.6 Å². The average molecular weight is 523 g/mol. The number of carbonyl (C=O) groups is 2. The molecule has 0 aliphatic rings. The molecular formula is C24H29BrClN3O3. The fourth-order valence-corrected chi connectivity index (χ4v) is 3.37. The first-order valence-electron chi connectivity index (χ1n) is 10.6. The lowest BCUT2D eigenvalue weighted by atomic mass is 10.0. The number of ether oxygens (including phenoxy) is 1. The number of nitrogens with zero attached hydrogens (tertiary/aromatic N) is 1. The number of rotatable bonds is 11. The molecule has 1 unspecified atom stereocenters. The van der Waals surface area contributed by atoms with Crippen molar-refractivity contribution in [2.75, 3.05) is 6.61 Å². The summed E-state index contributed by atoms with van der Waals surface area (Å²) in [5.74, 6) is 0.157. The maximum atomic E-state index is 12.8. The molecule has 0 radical (unpaired) electrons. The standard InChI is InChI=1S/C24H29BrClN3O3/c1-4-5-12-32-22-11-8-19(25)14-18(22)15-27-29-24(31)21(13-16(2)3)28-23(30)17-6-9-20(26)10-7-17/h6-11,14-16,21H,4-5,12-13H2,1-3H3,(H,28,30)(H,29,31). The Morgan fingerprint density at radius 2 is 1.91 bits per heavy atom. The van der Waals surface area contributed by atoms with Gasteiger partial charge < -0.3 is 10.1 Å². The molecule has 172 valence electrons. The van der Waals surface area contributed by atoms with Crippen molar-refractivity contribution in [3.8, 4) is 5.75 Å². The summed E-state index contributed by atoms with van der Waals surface area (Å²) in [6.45, 7) is 6.68. The number of hydrazone groups is 1. The first kappa shape index (κ1) is 25.9. The summed E-state index contributed by atoms with van der Waals surface area (Å²) in [4.78, 5) is 25.3. The van der Waals surface area contributed by atoms with E-state index in [4.69, 9.17) is 16.3 Å². The highest BCUT2D eigenvalue weighted by molar-refractivity contribution is 9.10. The van der Waals surface area contributed by atoms with E-state index in [2.05, 4.69) is 38.7 Å². The molecule has 2 rings (SSSR count). The third-order valence-corrected chi connectivity index (χ3v) is 5.29. The van der Waals surface area contributed by atoms with Crippen molar-refractivity contribution < 1.29 is 14.3 Å². The van der Waals surface area contributed by atoms with Gasteiger partial charge in [0.15, 0.2) is 0 Å². The molecular weight excluding hydrogens is 494 g/mol.